The number of hydrogen-bond acceptors (Lipinski definition) is 3. The summed E-state index contributed by atoms with van der Waals surface area (Å²) in [5.74, 6) is -3.14. The van der Waals surface area contributed by atoms with Crippen LogP contribution in [0.3, 0.4) is 0 Å². The summed E-state index contributed by atoms with van der Waals surface area (Å²) in [4.78, 5) is 31.4. The van der Waals surface area contributed by atoms with Crippen LogP contribution in [-0.4, -0.2) is 34.1 Å². The zero-order valence-electron chi connectivity index (χ0n) is 7.56. The molecule has 14 heavy (non-hydrogen) atoms. The summed E-state index contributed by atoms with van der Waals surface area (Å²) in [6.07, 6.45) is 1.65. The van der Waals surface area contributed by atoms with Gasteiger partial charge >= 0.3 is 11.9 Å². The molecule has 0 saturated heterocycles. The van der Waals surface area contributed by atoms with Crippen molar-refractivity contribution in [1.82, 2.24) is 5.32 Å². The van der Waals surface area contributed by atoms with Crippen LogP contribution in [0.15, 0.2) is 12.2 Å². The van der Waals surface area contributed by atoms with Gasteiger partial charge in [0.2, 0.25) is 5.91 Å². The maximum absolute atomic E-state index is 10.9. The standard InChI is InChI=1S/C8H11NO5/c1-2-5(8(13)14)9-6(10)3-4-7(11)12/h3-5H,2H2,1H3,(H,9,10)(H,11,12)(H,13,14)/b4-3-. The topological polar surface area (TPSA) is 104 Å². The molecule has 78 valence electrons. The number of nitrogens with one attached hydrogen (secondary N) is 1. The fourth-order valence-corrected chi connectivity index (χ4v) is 0.705. The van der Waals surface area contributed by atoms with Crippen LogP contribution in [-0.2, 0) is 14.4 Å². The van der Waals surface area contributed by atoms with Gasteiger partial charge in [-0.25, -0.2) is 9.59 Å². The number of aliphatic carboxylic acids is 2. The molecule has 3 N–H and O–H groups in total. The zero-order chi connectivity index (χ0) is 11.1. The number of carboxylic acid groups (broad SMARTS) is 2. The second-order valence-corrected chi connectivity index (χ2v) is 2.48. The summed E-state index contributed by atoms with van der Waals surface area (Å²) < 4.78 is 0. The monoisotopic (exact) mass is 201 g/mol. The second kappa shape index (κ2) is 5.74. The molecule has 0 fully saturated rings. The minimum absolute atomic E-state index is 0.238. The summed E-state index contributed by atoms with van der Waals surface area (Å²) in [5, 5.41) is 18.9. The molecule has 6 heteroatoms. The Bertz CT molecular complexity index is 271. The number of carbonyl (C=O) groups excluding carboxylic acids is 1. The SMILES string of the molecule is CCC(NC(=O)/C=C\C(=O)O)C(=O)O. The molecule has 0 saturated carbocycles. The molecule has 1 atom stereocenters. The average Bonchev–Trinajstić information content (AvgIpc) is 2.10. The third-order valence-corrected chi connectivity index (χ3v) is 1.40. The lowest BCUT2D eigenvalue weighted by Gasteiger charge is -2.09. The van der Waals surface area contributed by atoms with Gasteiger partial charge in [-0.2, -0.15) is 0 Å². The van der Waals surface area contributed by atoms with Crippen molar-refractivity contribution in [3.63, 3.8) is 0 Å². The molecule has 0 spiro atoms. The van der Waals surface area contributed by atoms with Gasteiger partial charge < -0.3 is 15.5 Å². The molecule has 1 amide bonds. The first-order valence-corrected chi connectivity index (χ1v) is 3.91. The Morgan fingerprint density at radius 2 is 1.86 bits per heavy atom. The van der Waals surface area contributed by atoms with Crippen molar-refractivity contribution in [3.8, 4) is 0 Å². The second-order valence-electron chi connectivity index (χ2n) is 2.48. The van der Waals surface area contributed by atoms with Crippen molar-refractivity contribution in [2.75, 3.05) is 0 Å². The number of carboxylic acids is 2. The first-order chi connectivity index (χ1) is 6.47. The Kier molecular flexibility index (Phi) is 4.98. The average molecular weight is 201 g/mol. The van der Waals surface area contributed by atoms with Crippen molar-refractivity contribution >= 4 is 17.8 Å². The largest absolute Gasteiger partial charge is 0.480 e. The van der Waals surface area contributed by atoms with Gasteiger partial charge in [0.05, 0.1) is 0 Å². The maximum atomic E-state index is 10.9. The Hall–Kier alpha value is -1.85. The Morgan fingerprint density at radius 3 is 2.21 bits per heavy atom. The van der Waals surface area contributed by atoms with Crippen LogP contribution >= 0.6 is 0 Å². The van der Waals surface area contributed by atoms with E-state index in [0.717, 1.165) is 6.08 Å². The van der Waals surface area contributed by atoms with E-state index in [1.807, 2.05) is 0 Å². The van der Waals surface area contributed by atoms with Gasteiger partial charge in [-0.05, 0) is 6.42 Å². The third-order valence-electron chi connectivity index (χ3n) is 1.40. The van der Waals surface area contributed by atoms with Crippen LogP contribution in [0.2, 0.25) is 0 Å². The van der Waals surface area contributed by atoms with E-state index < -0.39 is 23.9 Å². The van der Waals surface area contributed by atoms with E-state index in [1.165, 1.54) is 0 Å². The maximum Gasteiger partial charge on any atom is 0.328 e. The number of rotatable bonds is 5. The lowest BCUT2D eigenvalue weighted by molar-refractivity contribution is -0.141. The van der Waals surface area contributed by atoms with E-state index in [4.69, 9.17) is 10.2 Å². The molecular weight excluding hydrogens is 190 g/mol. The number of hydrogen-bond donors (Lipinski definition) is 3. The van der Waals surface area contributed by atoms with Gasteiger partial charge in [-0.15, -0.1) is 0 Å². The van der Waals surface area contributed by atoms with Crippen molar-refractivity contribution < 1.29 is 24.6 Å². The molecule has 0 rings (SSSR count). The minimum atomic E-state index is -1.26. The minimum Gasteiger partial charge on any atom is -0.480 e. The molecule has 1 unspecified atom stereocenters. The van der Waals surface area contributed by atoms with E-state index in [-0.39, 0.29) is 6.42 Å². The van der Waals surface area contributed by atoms with Gasteiger partial charge in [-0.1, -0.05) is 6.92 Å². The molecule has 0 aliphatic rings. The van der Waals surface area contributed by atoms with Gasteiger partial charge in [0.25, 0.3) is 0 Å². The summed E-state index contributed by atoms with van der Waals surface area (Å²) >= 11 is 0. The van der Waals surface area contributed by atoms with Crippen molar-refractivity contribution in [1.29, 1.82) is 0 Å². The van der Waals surface area contributed by atoms with E-state index in [9.17, 15) is 14.4 Å². The molecule has 0 aromatic carbocycles. The molecular formula is C8H11NO5. The fraction of sp³-hybridized carbons (Fsp3) is 0.375. The predicted octanol–water partition coefficient (Wildman–Crippen LogP) is -0.393. The normalized spacial score (nSPS) is 12.4. The van der Waals surface area contributed by atoms with E-state index >= 15 is 0 Å². The highest BCUT2D eigenvalue weighted by Crippen LogP contribution is 1.90. The Morgan fingerprint density at radius 1 is 1.29 bits per heavy atom. The summed E-state index contributed by atoms with van der Waals surface area (Å²) in [5.41, 5.74) is 0. The van der Waals surface area contributed by atoms with Crippen molar-refractivity contribution in [2.24, 2.45) is 0 Å². The van der Waals surface area contributed by atoms with Gasteiger partial charge in [0.1, 0.15) is 6.04 Å². The molecule has 0 heterocycles. The quantitative estimate of drug-likeness (QED) is 0.525. The Labute approximate surface area is 80.2 Å². The van der Waals surface area contributed by atoms with Crippen LogP contribution in [0, 0.1) is 0 Å². The zero-order valence-corrected chi connectivity index (χ0v) is 7.56. The molecule has 0 aromatic heterocycles. The lowest BCUT2D eigenvalue weighted by atomic mass is 10.2. The van der Waals surface area contributed by atoms with E-state index in [0.29, 0.717) is 6.08 Å². The van der Waals surface area contributed by atoms with Crippen LogP contribution in [0.25, 0.3) is 0 Å². The van der Waals surface area contributed by atoms with Crippen molar-refractivity contribution in [3.05, 3.63) is 12.2 Å². The van der Waals surface area contributed by atoms with Crippen molar-refractivity contribution in [2.45, 2.75) is 19.4 Å². The number of amides is 1. The van der Waals surface area contributed by atoms with Gasteiger partial charge in [0, 0.05) is 12.2 Å². The fourth-order valence-electron chi connectivity index (χ4n) is 0.705. The van der Waals surface area contributed by atoms with Crippen LogP contribution in [0.4, 0.5) is 0 Å². The van der Waals surface area contributed by atoms with E-state index in [1.54, 1.807) is 6.92 Å². The van der Waals surface area contributed by atoms with Gasteiger partial charge in [0.15, 0.2) is 0 Å². The smallest absolute Gasteiger partial charge is 0.328 e. The highest BCUT2D eigenvalue weighted by Gasteiger charge is 2.15. The van der Waals surface area contributed by atoms with Crippen LogP contribution in [0.5, 0.6) is 0 Å². The molecule has 0 aliphatic heterocycles. The highest BCUT2D eigenvalue weighted by atomic mass is 16.4. The molecule has 0 radical (unpaired) electrons. The summed E-state index contributed by atoms with van der Waals surface area (Å²) in [7, 11) is 0. The molecule has 0 bridgehead atoms. The van der Waals surface area contributed by atoms with E-state index in [2.05, 4.69) is 5.32 Å². The third kappa shape index (κ3) is 4.91. The predicted molar refractivity (Wildman–Crippen MR) is 46.6 cm³/mol. The Balaban J connectivity index is 4.17. The lowest BCUT2D eigenvalue weighted by Crippen LogP contribution is -2.39. The first kappa shape index (κ1) is 12.2. The van der Waals surface area contributed by atoms with Gasteiger partial charge in [-0.3, -0.25) is 4.79 Å². The first-order valence-electron chi connectivity index (χ1n) is 3.91. The molecule has 0 aromatic rings. The number of carbonyl (C=O) groups is 3. The van der Waals surface area contributed by atoms with Crippen LogP contribution < -0.4 is 5.32 Å². The summed E-state index contributed by atoms with van der Waals surface area (Å²) in [6.45, 7) is 1.60. The van der Waals surface area contributed by atoms with Crippen LogP contribution in [0.1, 0.15) is 13.3 Å². The molecule has 6 nitrogen and oxygen atoms in total. The highest BCUT2D eigenvalue weighted by molar-refractivity contribution is 5.95. The molecule has 0 aliphatic carbocycles. The summed E-state index contributed by atoms with van der Waals surface area (Å²) in [6, 6.07) is -0.985.